The van der Waals surface area contributed by atoms with Gasteiger partial charge in [0, 0.05) is 18.8 Å². The Hall–Kier alpha value is -1.05. The third-order valence-electron chi connectivity index (χ3n) is 3.35. The molecule has 1 aliphatic rings. The SMILES string of the molecule is CCc1cccc(N2CC(C)CC(C)C2)n1. The summed E-state index contributed by atoms with van der Waals surface area (Å²) in [6.07, 6.45) is 2.37. The fourth-order valence-electron chi connectivity index (χ4n) is 2.69. The molecular weight excluding hydrogens is 196 g/mol. The van der Waals surface area contributed by atoms with Gasteiger partial charge in [-0.15, -0.1) is 0 Å². The molecule has 1 saturated heterocycles. The lowest BCUT2D eigenvalue weighted by atomic mass is 9.92. The monoisotopic (exact) mass is 218 g/mol. The average molecular weight is 218 g/mol. The van der Waals surface area contributed by atoms with E-state index in [1.807, 2.05) is 0 Å². The van der Waals surface area contributed by atoms with Crippen LogP contribution in [0.4, 0.5) is 5.82 Å². The second-order valence-corrected chi connectivity index (χ2v) is 5.19. The molecule has 0 amide bonds. The topological polar surface area (TPSA) is 16.1 Å². The Balaban J connectivity index is 2.16. The van der Waals surface area contributed by atoms with Gasteiger partial charge in [0.25, 0.3) is 0 Å². The quantitative estimate of drug-likeness (QED) is 0.758. The van der Waals surface area contributed by atoms with Crippen LogP contribution in [0.1, 0.15) is 32.9 Å². The number of hydrogen-bond donors (Lipinski definition) is 0. The van der Waals surface area contributed by atoms with Gasteiger partial charge < -0.3 is 4.90 Å². The minimum atomic E-state index is 0.788. The average Bonchev–Trinajstić information content (AvgIpc) is 2.28. The molecule has 16 heavy (non-hydrogen) atoms. The van der Waals surface area contributed by atoms with E-state index in [2.05, 4.69) is 43.9 Å². The molecule has 0 aliphatic carbocycles. The van der Waals surface area contributed by atoms with Crippen LogP contribution >= 0.6 is 0 Å². The van der Waals surface area contributed by atoms with Gasteiger partial charge in [0.15, 0.2) is 0 Å². The Morgan fingerprint density at radius 1 is 1.25 bits per heavy atom. The third-order valence-corrected chi connectivity index (χ3v) is 3.35. The minimum Gasteiger partial charge on any atom is -0.356 e. The predicted octanol–water partition coefficient (Wildman–Crippen LogP) is 3.13. The molecule has 1 fully saturated rings. The van der Waals surface area contributed by atoms with Gasteiger partial charge in [-0.2, -0.15) is 0 Å². The highest BCUT2D eigenvalue weighted by Gasteiger charge is 2.22. The van der Waals surface area contributed by atoms with E-state index in [-0.39, 0.29) is 0 Å². The summed E-state index contributed by atoms with van der Waals surface area (Å²) in [7, 11) is 0. The van der Waals surface area contributed by atoms with Crippen molar-refractivity contribution >= 4 is 5.82 Å². The first kappa shape index (κ1) is 11.4. The predicted molar refractivity (Wildman–Crippen MR) is 68.8 cm³/mol. The summed E-state index contributed by atoms with van der Waals surface area (Å²) in [5, 5.41) is 0. The maximum absolute atomic E-state index is 4.71. The van der Waals surface area contributed by atoms with Gasteiger partial charge in [0.05, 0.1) is 0 Å². The lowest BCUT2D eigenvalue weighted by molar-refractivity contribution is 0.355. The van der Waals surface area contributed by atoms with E-state index in [4.69, 9.17) is 4.98 Å². The molecular formula is C14H22N2. The van der Waals surface area contributed by atoms with Gasteiger partial charge in [-0.3, -0.25) is 0 Å². The highest BCUT2D eigenvalue weighted by Crippen LogP contribution is 2.25. The molecule has 0 radical (unpaired) electrons. The summed E-state index contributed by atoms with van der Waals surface area (Å²) < 4.78 is 0. The van der Waals surface area contributed by atoms with E-state index in [1.165, 1.54) is 12.1 Å². The molecule has 1 aromatic rings. The molecule has 2 nitrogen and oxygen atoms in total. The lowest BCUT2D eigenvalue weighted by Crippen LogP contribution is -2.39. The van der Waals surface area contributed by atoms with Gasteiger partial charge >= 0.3 is 0 Å². The van der Waals surface area contributed by atoms with Gasteiger partial charge in [-0.25, -0.2) is 4.98 Å². The number of piperidine rings is 1. The Morgan fingerprint density at radius 2 is 1.94 bits per heavy atom. The van der Waals surface area contributed by atoms with Crippen LogP contribution in [-0.4, -0.2) is 18.1 Å². The van der Waals surface area contributed by atoms with Crippen molar-refractivity contribution in [3.05, 3.63) is 23.9 Å². The third kappa shape index (κ3) is 2.55. The highest BCUT2D eigenvalue weighted by atomic mass is 15.2. The first-order valence-electron chi connectivity index (χ1n) is 6.40. The molecule has 2 heterocycles. The van der Waals surface area contributed by atoms with Crippen molar-refractivity contribution in [2.24, 2.45) is 11.8 Å². The first-order chi connectivity index (χ1) is 7.69. The zero-order chi connectivity index (χ0) is 11.5. The van der Waals surface area contributed by atoms with Crippen LogP contribution in [0.3, 0.4) is 0 Å². The molecule has 0 spiro atoms. The maximum atomic E-state index is 4.71. The molecule has 1 aromatic heterocycles. The second kappa shape index (κ2) is 4.86. The zero-order valence-electron chi connectivity index (χ0n) is 10.6. The summed E-state index contributed by atoms with van der Waals surface area (Å²) in [5.74, 6) is 2.74. The summed E-state index contributed by atoms with van der Waals surface area (Å²) in [4.78, 5) is 7.15. The summed E-state index contributed by atoms with van der Waals surface area (Å²) >= 11 is 0. The summed E-state index contributed by atoms with van der Waals surface area (Å²) in [6, 6.07) is 6.38. The molecule has 2 atom stereocenters. The fraction of sp³-hybridized carbons (Fsp3) is 0.643. The van der Waals surface area contributed by atoms with Crippen LogP contribution in [0.2, 0.25) is 0 Å². The number of pyridine rings is 1. The molecule has 1 aliphatic heterocycles. The number of anilines is 1. The molecule has 0 aromatic carbocycles. The Morgan fingerprint density at radius 3 is 2.56 bits per heavy atom. The van der Waals surface area contributed by atoms with E-state index in [0.29, 0.717) is 0 Å². The van der Waals surface area contributed by atoms with Crippen molar-refractivity contribution in [1.29, 1.82) is 0 Å². The molecule has 2 heteroatoms. The molecule has 0 saturated carbocycles. The molecule has 0 N–H and O–H groups in total. The minimum absolute atomic E-state index is 0.788. The molecule has 2 rings (SSSR count). The summed E-state index contributed by atoms with van der Waals surface area (Å²) in [5.41, 5.74) is 1.20. The molecule has 88 valence electrons. The first-order valence-corrected chi connectivity index (χ1v) is 6.40. The number of nitrogens with zero attached hydrogens (tertiary/aromatic N) is 2. The van der Waals surface area contributed by atoms with Crippen molar-refractivity contribution in [2.45, 2.75) is 33.6 Å². The van der Waals surface area contributed by atoms with E-state index >= 15 is 0 Å². The number of aryl methyl sites for hydroxylation is 1. The van der Waals surface area contributed by atoms with Crippen LogP contribution in [-0.2, 0) is 6.42 Å². The van der Waals surface area contributed by atoms with E-state index in [9.17, 15) is 0 Å². The second-order valence-electron chi connectivity index (χ2n) is 5.19. The Kier molecular flexibility index (Phi) is 3.47. The van der Waals surface area contributed by atoms with Crippen LogP contribution in [0.15, 0.2) is 18.2 Å². The van der Waals surface area contributed by atoms with Crippen molar-refractivity contribution in [3.63, 3.8) is 0 Å². The number of hydrogen-bond acceptors (Lipinski definition) is 2. The Bertz CT molecular complexity index is 338. The van der Waals surface area contributed by atoms with Crippen molar-refractivity contribution in [1.82, 2.24) is 4.98 Å². The van der Waals surface area contributed by atoms with Gasteiger partial charge in [-0.05, 0) is 36.8 Å². The number of rotatable bonds is 2. The van der Waals surface area contributed by atoms with Crippen LogP contribution in [0, 0.1) is 11.8 Å². The van der Waals surface area contributed by atoms with E-state index in [0.717, 1.165) is 37.2 Å². The van der Waals surface area contributed by atoms with Crippen molar-refractivity contribution in [2.75, 3.05) is 18.0 Å². The normalized spacial score (nSPS) is 25.8. The van der Waals surface area contributed by atoms with Crippen LogP contribution < -0.4 is 4.90 Å². The van der Waals surface area contributed by atoms with Gasteiger partial charge in [0.1, 0.15) is 5.82 Å². The fourth-order valence-corrected chi connectivity index (χ4v) is 2.69. The smallest absolute Gasteiger partial charge is 0.128 e. The summed E-state index contributed by atoms with van der Waals surface area (Å²) in [6.45, 7) is 9.15. The van der Waals surface area contributed by atoms with E-state index < -0.39 is 0 Å². The number of aromatic nitrogens is 1. The van der Waals surface area contributed by atoms with Crippen molar-refractivity contribution in [3.8, 4) is 0 Å². The van der Waals surface area contributed by atoms with E-state index in [1.54, 1.807) is 0 Å². The standard InChI is InChI=1S/C14H22N2/c1-4-13-6-5-7-14(15-13)16-9-11(2)8-12(3)10-16/h5-7,11-12H,4,8-10H2,1-3H3. The van der Waals surface area contributed by atoms with Gasteiger partial charge in [0.2, 0.25) is 0 Å². The zero-order valence-corrected chi connectivity index (χ0v) is 10.6. The molecule has 2 unspecified atom stereocenters. The largest absolute Gasteiger partial charge is 0.356 e. The Labute approximate surface area is 98.7 Å². The van der Waals surface area contributed by atoms with Crippen LogP contribution in [0.25, 0.3) is 0 Å². The maximum Gasteiger partial charge on any atom is 0.128 e. The van der Waals surface area contributed by atoms with Crippen molar-refractivity contribution < 1.29 is 0 Å². The van der Waals surface area contributed by atoms with Gasteiger partial charge in [-0.1, -0.05) is 26.8 Å². The van der Waals surface area contributed by atoms with Crippen LogP contribution in [0.5, 0.6) is 0 Å². The highest BCUT2D eigenvalue weighted by molar-refractivity contribution is 5.40. The lowest BCUT2D eigenvalue weighted by Gasteiger charge is -2.35. The molecule has 0 bridgehead atoms.